The summed E-state index contributed by atoms with van der Waals surface area (Å²) in [6.45, 7) is 5.60. The summed E-state index contributed by atoms with van der Waals surface area (Å²) in [5.74, 6) is 1.03. The molecule has 0 bridgehead atoms. The summed E-state index contributed by atoms with van der Waals surface area (Å²) in [4.78, 5) is 13.3. The van der Waals surface area contributed by atoms with Gasteiger partial charge in [0.2, 0.25) is 5.91 Å². The maximum absolute atomic E-state index is 11.7. The van der Waals surface area contributed by atoms with Crippen molar-refractivity contribution in [2.75, 3.05) is 27.2 Å². The normalized spacial score (nSPS) is 11.5. The molecule has 0 fully saturated rings. The SMILES string of the molecule is CCCCOc1cccc(CCNC(C)C(=O)N(C)C)c1.Cl. The van der Waals surface area contributed by atoms with E-state index in [1.165, 1.54) is 5.56 Å². The molecule has 1 rings (SSSR count). The number of halogens is 1. The van der Waals surface area contributed by atoms with Crippen LogP contribution in [0.15, 0.2) is 24.3 Å². The zero-order valence-corrected chi connectivity index (χ0v) is 14.9. The molecule has 1 N–H and O–H groups in total. The molecule has 0 radical (unpaired) electrons. The number of likely N-dealkylation sites (N-methyl/N-ethyl adjacent to an activating group) is 1. The molecule has 5 heteroatoms. The van der Waals surface area contributed by atoms with Crippen molar-refractivity contribution in [3.63, 3.8) is 0 Å². The standard InChI is InChI=1S/C17H28N2O2.ClH/c1-5-6-12-21-16-9-7-8-15(13-16)10-11-18-14(2)17(20)19(3)4;/h7-9,13-14,18H,5-6,10-12H2,1-4H3;1H. The number of hydrogen-bond acceptors (Lipinski definition) is 3. The number of ether oxygens (including phenoxy) is 1. The lowest BCUT2D eigenvalue weighted by Crippen LogP contribution is -2.42. The predicted octanol–water partition coefficient (Wildman–Crippen LogP) is 2.90. The lowest BCUT2D eigenvalue weighted by Gasteiger charge is -2.18. The van der Waals surface area contributed by atoms with Crippen molar-refractivity contribution in [1.29, 1.82) is 0 Å². The van der Waals surface area contributed by atoms with E-state index in [9.17, 15) is 4.79 Å². The Hall–Kier alpha value is -1.26. The predicted molar refractivity (Wildman–Crippen MR) is 94.0 cm³/mol. The van der Waals surface area contributed by atoms with Gasteiger partial charge in [-0.05, 0) is 44.0 Å². The molecule has 0 saturated heterocycles. The number of carbonyl (C=O) groups is 1. The summed E-state index contributed by atoms with van der Waals surface area (Å²) in [5.41, 5.74) is 1.22. The molecule has 0 saturated carbocycles. The van der Waals surface area contributed by atoms with Crippen molar-refractivity contribution < 1.29 is 9.53 Å². The second kappa shape index (κ2) is 11.3. The van der Waals surface area contributed by atoms with E-state index in [2.05, 4.69) is 24.4 Å². The average molecular weight is 329 g/mol. The third kappa shape index (κ3) is 7.66. The van der Waals surface area contributed by atoms with Crippen molar-refractivity contribution in [1.82, 2.24) is 10.2 Å². The van der Waals surface area contributed by atoms with Gasteiger partial charge in [-0.2, -0.15) is 0 Å². The Bertz CT molecular complexity index is 438. The number of carbonyl (C=O) groups excluding carboxylic acids is 1. The summed E-state index contributed by atoms with van der Waals surface area (Å²) in [6, 6.07) is 8.03. The summed E-state index contributed by atoms with van der Waals surface area (Å²) in [5, 5.41) is 3.25. The van der Waals surface area contributed by atoms with Crippen LogP contribution < -0.4 is 10.1 Å². The molecular weight excluding hydrogens is 300 g/mol. The van der Waals surface area contributed by atoms with E-state index in [-0.39, 0.29) is 24.4 Å². The van der Waals surface area contributed by atoms with Gasteiger partial charge >= 0.3 is 0 Å². The largest absolute Gasteiger partial charge is 0.494 e. The number of rotatable bonds is 9. The Morgan fingerprint density at radius 1 is 1.36 bits per heavy atom. The first-order valence-corrected chi connectivity index (χ1v) is 7.71. The number of hydrogen-bond donors (Lipinski definition) is 1. The molecule has 0 aromatic heterocycles. The Morgan fingerprint density at radius 3 is 2.73 bits per heavy atom. The third-order valence-electron chi connectivity index (χ3n) is 3.34. The number of nitrogens with zero attached hydrogens (tertiary/aromatic N) is 1. The van der Waals surface area contributed by atoms with Gasteiger partial charge in [-0.1, -0.05) is 25.5 Å². The maximum atomic E-state index is 11.7. The maximum Gasteiger partial charge on any atom is 0.238 e. The fraction of sp³-hybridized carbons (Fsp3) is 0.588. The Balaban J connectivity index is 0.00000441. The van der Waals surface area contributed by atoms with Crippen molar-refractivity contribution in [3.05, 3.63) is 29.8 Å². The first-order chi connectivity index (χ1) is 10.0. The number of benzene rings is 1. The van der Waals surface area contributed by atoms with Crippen molar-refractivity contribution >= 4 is 18.3 Å². The summed E-state index contributed by atoms with van der Waals surface area (Å²) in [7, 11) is 3.55. The van der Waals surface area contributed by atoms with Gasteiger partial charge in [-0.25, -0.2) is 0 Å². The van der Waals surface area contributed by atoms with E-state index in [1.807, 2.05) is 19.1 Å². The Kier molecular flexibility index (Phi) is 10.7. The van der Waals surface area contributed by atoms with Gasteiger partial charge in [0.25, 0.3) is 0 Å². The number of amides is 1. The highest BCUT2D eigenvalue weighted by atomic mass is 35.5. The van der Waals surface area contributed by atoms with Crippen LogP contribution in [-0.4, -0.2) is 44.1 Å². The van der Waals surface area contributed by atoms with Crippen LogP contribution in [0.5, 0.6) is 5.75 Å². The highest BCUT2D eigenvalue weighted by molar-refractivity contribution is 5.85. The van der Waals surface area contributed by atoms with Crippen LogP contribution in [0.4, 0.5) is 0 Å². The van der Waals surface area contributed by atoms with Gasteiger partial charge in [-0.15, -0.1) is 12.4 Å². The monoisotopic (exact) mass is 328 g/mol. The highest BCUT2D eigenvalue weighted by Crippen LogP contribution is 2.14. The zero-order chi connectivity index (χ0) is 15.7. The van der Waals surface area contributed by atoms with Crippen LogP contribution in [0.25, 0.3) is 0 Å². The van der Waals surface area contributed by atoms with Crippen LogP contribution in [-0.2, 0) is 11.2 Å². The number of unbranched alkanes of at least 4 members (excludes halogenated alkanes) is 1. The van der Waals surface area contributed by atoms with E-state index in [0.717, 1.165) is 38.2 Å². The fourth-order valence-electron chi connectivity index (χ4n) is 2.03. The van der Waals surface area contributed by atoms with Gasteiger partial charge in [0.1, 0.15) is 5.75 Å². The molecule has 1 atom stereocenters. The third-order valence-corrected chi connectivity index (χ3v) is 3.34. The van der Waals surface area contributed by atoms with Crippen LogP contribution in [0.3, 0.4) is 0 Å². The van der Waals surface area contributed by atoms with Crippen molar-refractivity contribution in [2.24, 2.45) is 0 Å². The summed E-state index contributed by atoms with van der Waals surface area (Å²) >= 11 is 0. The number of nitrogens with one attached hydrogen (secondary N) is 1. The first kappa shape index (κ1) is 20.7. The second-order valence-electron chi connectivity index (χ2n) is 5.51. The van der Waals surface area contributed by atoms with Gasteiger partial charge in [0, 0.05) is 14.1 Å². The second-order valence-corrected chi connectivity index (χ2v) is 5.51. The molecular formula is C17H29ClN2O2. The minimum atomic E-state index is -0.149. The van der Waals surface area contributed by atoms with E-state index < -0.39 is 0 Å². The molecule has 0 heterocycles. The summed E-state index contributed by atoms with van der Waals surface area (Å²) in [6.07, 6.45) is 3.10. The molecule has 1 aromatic rings. The molecule has 0 aliphatic carbocycles. The Morgan fingerprint density at radius 2 is 2.09 bits per heavy atom. The van der Waals surface area contributed by atoms with Gasteiger partial charge in [0.15, 0.2) is 0 Å². The van der Waals surface area contributed by atoms with Crippen LogP contribution in [0.2, 0.25) is 0 Å². The Labute approximate surface area is 140 Å². The van der Waals surface area contributed by atoms with Crippen LogP contribution >= 0.6 is 12.4 Å². The fourth-order valence-corrected chi connectivity index (χ4v) is 2.03. The van der Waals surface area contributed by atoms with E-state index >= 15 is 0 Å². The van der Waals surface area contributed by atoms with Gasteiger partial charge in [-0.3, -0.25) is 4.79 Å². The summed E-state index contributed by atoms with van der Waals surface area (Å²) < 4.78 is 5.70. The molecule has 22 heavy (non-hydrogen) atoms. The van der Waals surface area contributed by atoms with Crippen LogP contribution in [0.1, 0.15) is 32.3 Å². The van der Waals surface area contributed by atoms with Crippen molar-refractivity contribution in [3.8, 4) is 5.75 Å². The van der Waals surface area contributed by atoms with E-state index in [4.69, 9.17) is 4.74 Å². The van der Waals surface area contributed by atoms with E-state index in [0.29, 0.717) is 0 Å². The molecule has 0 spiro atoms. The minimum Gasteiger partial charge on any atom is -0.494 e. The molecule has 1 aromatic carbocycles. The molecule has 1 unspecified atom stereocenters. The van der Waals surface area contributed by atoms with Gasteiger partial charge in [0.05, 0.1) is 12.6 Å². The van der Waals surface area contributed by atoms with Crippen molar-refractivity contribution in [2.45, 2.75) is 39.2 Å². The lowest BCUT2D eigenvalue weighted by molar-refractivity contribution is -0.130. The lowest BCUT2D eigenvalue weighted by atomic mass is 10.1. The molecule has 0 aliphatic rings. The molecule has 1 amide bonds. The zero-order valence-electron chi connectivity index (χ0n) is 14.1. The molecule has 0 aliphatic heterocycles. The molecule has 4 nitrogen and oxygen atoms in total. The quantitative estimate of drug-likeness (QED) is 0.709. The highest BCUT2D eigenvalue weighted by Gasteiger charge is 2.13. The van der Waals surface area contributed by atoms with Crippen LogP contribution in [0, 0.1) is 0 Å². The smallest absolute Gasteiger partial charge is 0.238 e. The van der Waals surface area contributed by atoms with E-state index in [1.54, 1.807) is 19.0 Å². The first-order valence-electron chi connectivity index (χ1n) is 7.71. The molecule has 126 valence electrons. The minimum absolute atomic E-state index is 0. The topological polar surface area (TPSA) is 41.6 Å². The average Bonchev–Trinajstić information content (AvgIpc) is 2.47. The van der Waals surface area contributed by atoms with Gasteiger partial charge < -0.3 is 15.0 Å².